The second kappa shape index (κ2) is 9.42. The molecule has 0 aliphatic carbocycles. The van der Waals surface area contributed by atoms with Crippen LogP contribution in [-0.4, -0.2) is 40.8 Å². The third kappa shape index (κ3) is 5.69. The number of carbonyl (C=O) groups is 2. The topological polar surface area (TPSA) is 77.8 Å². The Labute approximate surface area is 182 Å². The number of nitrogens with zero attached hydrogens (tertiary/aromatic N) is 2. The molecule has 0 aliphatic rings. The molecule has 0 fully saturated rings. The second-order valence-electron chi connectivity index (χ2n) is 7.53. The van der Waals surface area contributed by atoms with E-state index >= 15 is 0 Å². The van der Waals surface area contributed by atoms with Gasteiger partial charge < -0.3 is 14.4 Å². The number of rotatable bonds is 5. The lowest BCUT2D eigenvalue weighted by molar-refractivity contribution is 0.0281. The predicted molar refractivity (Wildman–Crippen MR) is 113 cm³/mol. The van der Waals surface area contributed by atoms with Gasteiger partial charge in [-0.25, -0.2) is 14.0 Å². The largest absolute Gasteiger partial charge is 0.462 e. The molecule has 0 saturated heterocycles. The van der Waals surface area contributed by atoms with Gasteiger partial charge in [-0.15, -0.1) is 0 Å². The molecule has 1 aromatic carbocycles. The van der Waals surface area contributed by atoms with E-state index in [1.165, 1.54) is 46.8 Å². The summed E-state index contributed by atoms with van der Waals surface area (Å²) in [7, 11) is 1.53. The van der Waals surface area contributed by atoms with E-state index in [1.54, 1.807) is 27.7 Å². The van der Waals surface area contributed by atoms with Gasteiger partial charge in [-0.1, -0.05) is 0 Å². The van der Waals surface area contributed by atoms with Crippen molar-refractivity contribution in [2.75, 3.05) is 13.7 Å². The minimum absolute atomic E-state index is 0.00871. The Balaban J connectivity index is 2.60. The van der Waals surface area contributed by atoms with Crippen LogP contribution in [0.15, 0.2) is 39.6 Å². The number of hydrogen-bond acceptors (Lipinski definition) is 5. The first kappa shape index (κ1) is 23.6. The lowest BCUT2D eigenvalue weighted by Gasteiger charge is -2.26. The number of benzene rings is 1. The fourth-order valence-electron chi connectivity index (χ4n) is 2.62. The Morgan fingerprint density at radius 3 is 2.33 bits per heavy atom. The Morgan fingerprint density at radius 2 is 1.80 bits per heavy atom. The number of esters is 1. The highest BCUT2D eigenvalue weighted by Gasteiger charge is 2.24. The van der Waals surface area contributed by atoms with Crippen molar-refractivity contribution in [1.29, 1.82) is 0 Å². The average Bonchev–Trinajstić information content (AvgIpc) is 2.64. The zero-order valence-electron chi connectivity index (χ0n) is 17.5. The van der Waals surface area contributed by atoms with Crippen molar-refractivity contribution in [3.63, 3.8) is 0 Å². The van der Waals surface area contributed by atoms with E-state index < -0.39 is 29.0 Å². The van der Waals surface area contributed by atoms with Crippen LogP contribution in [0.4, 0.5) is 9.18 Å². The van der Waals surface area contributed by atoms with Crippen LogP contribution in [0.5, 0.6) is 0 Å². The minimum Gasteiger partial charge on any atom is -0.462 e. The molecule has 9 heteroatoms. The highest BCUT2D eigenvalue weighted by Crippen LogP contribution is 2.23. The molecule has 1 amide bonds. The van der Waals surface area contributed by atoms with Crippen LogP contribution < -0.4 is 5.56 Å². The summed E-state index contributed by atoms with van der Waals surface area (Å²) in [6.45, 7) is 6.97. The van der Waals surface area contributed by atoms with Gasteiger partial charge in [0.05, 0.1) is 18.8 Å². The second-order valence-corrected chi connectivity index (χ2v) is 8.38. The number of ether oxygens (including phenoxy) is 2. The molecule has 0 bridgehead atoms. The van der Waals surface area contributed by atoms with E-state index in [1.807, 2.05) is 0 Å². The monoisotopic (exact) mass is 482 g/mol. The summed E-state index contributed by atoms with van der Waals surface area (Å²) in [5, 5.41) is 0. The number of pyridine rings is 1. The molecule has 30 heavy (non-hydrogen) atoms. The molecule has 0 spiro atoms. The molecule has 7 nitrogen and oxygen atoms in total. The third-order valence-corrected chi connectivity index (χ3v) is 4.61. The molecule has 1 aromatic heterocycles. The zero-order valence-corrected chi connectivity index (χ0v) is 19.1. The summed E-state index contributed by atoms with van der Waals surface area (Å²) in [5.74, 6) is -1.24. The molecule has 0 aliphatic heterocycles. The van der Waals surface area contributed by atoms with Crippen LogP contribution >= 0.6 is 15.9 Å². The number of carbonyl (C=O) groups excluding carboxylic acids is 2. The summed E-state index contributed by atoms with van der Waals surface area (Å²) in [4.78, 5) is 39.1. The first-order chi connectivity index (χ1) is 13.9. The van der Waals surface area contributed by atoms with Crippen molar-refractivity contribution in [1.82, 2.24) is 9.47 Å². The van der Waals surface area contributed by atoms with Gasteiger partial charge in [0.1, 0.15) is 17.0 Å². The fraction of sp³-hybridized carbons (Fsp3) is 0.381. The first-order valence-electron chi connectivity index (χ1n) is 9.26. The molecular formula is C21H24BrFN2O5. The number of hydrogen-bond donors (Lipinski definition) is 0. The summed E-state index contributed by atoms with van der Waals surface area (Å²) in [6.07, 6.45) is -0.582. The number of amides is 1. The summed E-state index contributed by atoms with van der Waals surface area (Å²) >= 11 is 3.38. The van der Waals surface area contributed by atoms with Gasteiger partial charge in [0, 0.05) is 17.2 Å². The van der Waals surface area contributed by atoms with Gasteiger partial charge in [-0.05, 0) is 74.0 Å². The van der Waals surface area contributed by atoms with E-state index in [-0.39, 0.29) is 18.7 Å². The molecule has 0 radical (unpaired) electrons. The molecule has 0 saturated carbocycles. The van der Waals surface area contributed by atoms with Crippen LogP contribution in [-0.2, 0) is 16.0 Å². The predicted octanol–water partition coefficient (Wildman–Crippen LogP) is 4.28. The number of halogens is 2. The maximum atomic E-state index is 13.4. The fourth-order valence-corrected chi connectivity index (χ4v) is 3.15. The zero-order chi connectivity index (χ0) is 22.6. The maximum absolute atomic E-state index is 13.4. The molecule has 2 rings (SSSR count). The van der Waals surface area contributed by atoms with Crippen LogP contribution in [0.25, 0.3) is 5.69 Å². The van der Waals surface area contributed by atoms with Crippen LogP contribution in [0.1, 0.15) is 43.7 Å². The molecule has 1 heterocycles. The molecular weight excluding hydrogens is 459 g/mol. The highest BCUT2D eigenvalue weighted by atomic mass is 79.9. The average molecular weight is 483 g/mol. The van der Waals surface area contributed by atoms with Crippen molar-refractivity contribution in [3.8, 4) is 5.69 Å². The lowest BCUT2D eigenvalue weighted by atomic mass is 10.2. The smallest absolute Gasteiger partial charge is 0.410 e. The van der Waals surface area contributed by atoms with E-state index in [9.17, 15) is 18.8 Å². The molecule has 0 unspecified atom stereocenters. The van der Waals surface area contributed by atoms with Crippen LogP contribution in [0.3, 0.4) is 0 Å². The standard InChI is InChI=1S/C21H24BrFN2O5/c1-6-29-19(27)15-11-16(22)17(12-24(5)20(28)30-21(2,3)4)25(18(15)26)14-9-7-13(23)8-10-14/h7-11H,6,12H2,1-5H3. The van der Waals surface area contributed by atoms with Gasteiger partial charge in [0.25, 0.3) is 5.56 Å². The Bertz CT molecular complexity index is 996. The van der Waals surface area contributed by atoms with Crippen LogP contribution in [0, 0.1) is 5.82 Å². The third-order valence-electron chi connectivity index (χ3n) is 3.92. The lowest BCUT2D eigenvalue weighted by Crippen LogP contribution is -2.36. The van der Waals surface area contributed by atoms with Crippen LogP contribution in [0.2, 0.25) is 0 Å². The summed E-state index contributed by atoms with van der Waals surface area (Å²) in [5.41, 5.74) is -0.797. The Morgan fingerprint density at radius 1 is 1.20 bits per heavy atom. The van der Waals surface area contributed by atoms with E-state index in [0.717, 1.165) is 0 Å². The van der Waals surface area contributed by atoms with Crippen molar-refractivity contribution >= 4 is 28.0 Å². The highest BCUT2D eigenvalue weighted by molar-refractivity contribution is 9.10. The minimum atomic E-state index is -0.772. The molecule has 0 atom stereocenters. The van der Waals surface area contributed by atoms with Gasteiger partial charge in [-0.2, -0.15) is 0 Å². The van der Waals surface area contributed by atoms with Crippen molar-refractivity contribution in [3.05, 3.63) is 62.2 Å². The molecule has 162 valence electrons. The van der Waals surface area contributed by atoms with Crippen molar-refractivity contribution < 1.29 is 23.5 Å². The Hall–Kier alpha value is -2.68. The summed E-state index contributed by atoms with van der Waals surface area (Å²) < 4.78 is 25.4. The van der Waals surface area contributed by atoms with Gasteiger partial charge >= 0.3 is 12.1 Å². The van der Waals surface area contributed by atoms with Gasteiger partial charge in [-0.3, -0.25) is 9.36 Å². The van der Waals surface area contributed by atoms with Gasteiger partial charge in [0.15, 0.2) is 0 Å². The van der Waals surface area contributed by atoms with E-state index in [2.05, 4.69) is 15.9 Å². The summed E-state index contributed by atoms with van der Waals surface area (Å²) in [6, 6.07) is 6.59. The van der Waals surface area contributed by atoms with E-state index in [0.29, 0.717) is 15.9 Å². The maximum Gasteiger partial charge on any atom is 0.410 e. The Kier molecular flexibility index (Phi) is 7.41. The molecule has 0 N–H and O–H groups in total. The van der Waals surface area contributed by atoms with Gasteiger partial charge in [0.2, 0.25) is 0 Å². The SMILES string of the molecule is CCOC(=O)c1cc(Br)c(CN(C)C(=O)OC(C)(C)C)n(-c2ccc(F)cc2)c1=O. The quantitative estimate of drug-likeness (QED) is 0.594. The first-order valence-corrected chi connectivity index (χ1v) is 10.1. The van der Waals surface area contributed by atoms with Crippen molar-refractivity contribution in [2.45, 2.75) is 39.8 Å². The van der Waals surface area contributed by atoms with Crippen molar-refractivity contribution in [2.24, 2.45) is 0 Å². The van der Waals surface area contributed by atoms with E-state index in [4.69, 9.17) is 9.47 Å². The number of aromatic nitrogens is 1. The normalized spacial score (nSPS) is 11.2. The molecule has 2 aromatic rings.